The van der Waals surface area contributed by atoms with Gasteiger partial charge in [0.2, 0.25) is 0 Å². The zero-order chi connectivity index (χ0) is 14.2. The number of rotatable bonds is 10. The molecule has 110 valence electrons. The van der Waals surface area contributed by atoms with Crippen molar-refractivity contribution in [3.63, 3.8) is 0 Å². The Balaban J connectivity index is 4.60. The van der Waals surface area contributed by atoms with E-state index in [-0.39, 0.29) is 12.1 Å². The number of hydrogen-bond donors (Lipinski definition) is 3. The molecule has 0 bridgehead atoms. The van der Waals surface area contributed by atoms with E-state index in [0.29, 0.717) is 24.4 Å². The summed E-state index contributed by atoms with van der Waals surface area (Å²) in [7, 11) is 0. The molecular weight excluding hydrogens is 224 g/mol. The lowest BCUT2D eigenvalue weighted by Crippen LogP contribution is -2.56. The van der Waals surface area contributed by atoms with Gasteiger partial charge in [0.15, 0.2) is 0 Å². The third kappa shape index (κ3) is 7.34. The van der Waals surface area contributed by atoms with Crippen LogP contribution in [-0.2, 0) is 0 Å². The van der Waals surface area contributed by atoms with E-state index < -0.39 is 0 Å². The summed E-state index contributed by atoms with van der Waals surface area (Å²) >= 11 is 0. The molecule has 0 aromatic rings. The Kier molecular flexibility index (Phi) is 8.83. The number of nitrogens with two attached hydrogens (primary N) is 1. The molecule has 0 saturated carbocycles. The molecular formula is C15H34N2O. The first-order valence-corrected chi connectivity index (χ1v) is 7.44. The van der Waals surface area contributed by atoms with Crippen LogP contribution in [0.3, 0.4) is 0 Å². The normalized spacial score (nSPS) is 14.5. The maximum atomic E-state index is 8.91. The molecule has 18 heavy (non-hydrogen) atoms. The van der Waals surface area contributed by atoms with E-state index in [1.807, 2.05) is 0 Å². The first kappa shape index (κ1) is 17.9. The fraction of sp³-hybridized carbons (Fsp3) is 1.00. The van der Waals surface area contributed by atoms with Gasteiger partial charge in [-0.2, -0.15) is 0 Å². The van der Waals surface area contributed by atoms with Crippen LogP contribution in [0.2, 0.25) is 0 Å². The SMILES string of the molecule is CC(C)CC(CN)(CC(C)C)NC(C)CCCO. The predicted octanol–water partition coefficient (Wildman–Crippen LogP) is 2.53. The average Bonchev–Trinajstić information content (AvgIpc) is 2.24. The highest BCUT2D eigenvalue weighted by molar-refractivity contribution is 4.92. The molecule has 3 heteroatoms. The summed E-state index contributed by atoms with van der Waals surface area (Å²) in [5.74, 6) is 1.29. The molecule has 1 atom stereocenters. The summed E-state index contributed by atoms with van der Waals surface area (Å²) in [6.45, 7) is 12.2. The van der Waals surface area contributed by atoms with Crippen LogP contribution in [0.4, 0.5) is 0 Å². The lowest BCUT2D eigenvalue weighted by atomic mass is 9.81. The van der Waals surface area contributed by atoms with Gasteiger partial charge in [0.1, 0.15) is 0 Å². The third-order valence-corrected chi connectivity index (χ3v) is 3.34. The van der Waals surface area contributed by atoms with Crippen LogP contribution >= 0.6 is 0 Å². The van der Waals surface area contributed by atoms with E-state index in [1.54, 1.807) is 0 Å². The lowest BCUT2D eigenvalue weighted by molar-refractivity contribution is 0.199. The summed E-state index contributed by atoms with van der Waals surface area (Å²) in [5, 5.41) is 12.7. The van der Waals surface area contributed by atoms with E-state index >= 15 is 0 Å². The van der Waals surface area contributed by atoms with Crippen molar-refractivity contribution in [2.24, 2.45) is 17.6 Å². The predicted molar refractivity (Wildman–Crippen MR) is 79.6 cm³/mol. The van der Waals surface area contributed by atoms with Crippen molar-refractivity contribution in [2.75, 3.05) is 13.2 Å². The van der Waals surface area contributed by atoms with E-state index in [1.165, 1.54) is 0 Å². The van der Waals surface area contributed by atoms with Crippen molar-refractivity contribution in [1.82, 2.24) is 5.32 Å². The second-order valence-corrected chi connectivity index (χ2v) is 6.59. The van der Waals surface area contributed by atoms with Crippen LogP contribution < -0.4 is 11.1 Å². The highest BCUT2D eigenvalue weighted by atomic mass is 16.2. The Bertz CT molecular complexity index is 195. The van der Waals surface area contributed by atoms with Gasteiger partial charge < -0.3 is 16.2 Å². The number of aliphatic hydroxyl groups excluding tert-OH is 1. The Hall–Kier alpha value is -0.120. The molecule has 0 amide bonds. The quantitative estimate of drug-likeness (QED) is 0.564. The molecule has 0 heterocycles. The minimum atomic E-state index is 0.0528. The van der Waals surface area contributed by atoms with Crippen molar-refractivity contribution in [1.29, 1.82) is 0 Å². The first-order valence-electron chi connectivity index (χ1n) is 7.44. The van der Waals surface area contributed by atoms with Crippen LogP contribution in [-0.4, -0.2) is 29.8 Å². The van der Waals surface area contributed by atoms with E-state index in [2.05, 4.69) is 39.9 Å². The molecule has 0 saturated heterocycles. The van der Waals surface area contributed by atoms with Gasteiger partial charge in [0.05, 0.1) is 0 Å². The monoisotopic (exact) mass is 258 g/mol. The Morgan fingerprint density at radius 3 is 1.89 bits per heavy atom. The minimum absolute atomic E-state index is 0.0528. The highest BCUT2D eigenvalue weighted by Crippen LogP contribution is 2.25. The van der Waals surface area contributed by atoms with Gasteiger partial charge in [0.25, 0.3) is 0 Å². The van der Waals surface area contributed by atoms with Gasteiger partial charge in [-0.1, -0.05) is 27.7 Å². The zero-order valence-electron chi connectivity index (χ0n) is 13.0. The molecule has 0 aliphatic rings. The van der Waals surface area contributed by atoms with Crippen LogP contribution in [0.5, 0.6) is 0 Å². The largest absolute Gasteiger partial charge is 0.396 e. The van der Waals surface area contributed by atoms with E-state index in [4.69, 9.17) is 10.8 Å². The summed E-state index contributed by atoms with van der Waals surface area (Å²) in [5.41, 5.74) is 6.12. The highest BCUT2D eigenvalue weighted by Gasteiger charge is 2.31. The maximum absolute atomic E-state index is 8.91. The van der Waals surface area contributed by atoms with E-state index in [0.717, 1.165) is 25.7 Å². The van der Waals surface area contributed by atoms with Crippen molar-refractivity contribution >= 4 is 0 Å². The van der Waals surface area contributed by atoms with Crippen molar-refractivity contribution < 1.29 is 5.11 Å². The molecule has 0 aliphatic carbocycles. The molecule has 0 aromatic heterocycles. The Morgan fingerprint density at radius 1 is 1.06 bits per heavy atom. The Labute approximate surface area is 114 Å². The van der Waals surface area contributed by atoms with Gasteiger partial charge >= 0.3 is 0 Å². The first-order chi connectivity index (χ1) is 8.35. The van der Waals surface area contributed by atoms with Crippen molar-refractivity contribution in [3.05, 3.63) is 0 Å². The number of hydrogen-bond acceptors (Lipinski definition) is 3. The molecule has 1 unspecified atom stereocenters. The summed E-state index contributed by atoms with van der Waals surface area (Å²) in [6.07, 6.45) is 4.10. The fourth-order valence-electron chi connectivity index (χ4n) is 2.98. The second kappa shape index (κ2) is 8.89. The van der Waals surface area contributed by atoms with Gasteiger partial charge in [-0.3, -0.25) is 0 Å². The van der Waals surface area contributed by atoms with Gasteiger partial charge in [0, 0.05) is 24.7 Å². The molecule has 0 rings (SSSR count). The van der Waals surface area contributed by atoms with Crippen LogP contribution in [0.15, 0.2) is 0 Å². The zero-order valence-corrected chi connectivity index (χ0v) is 13.0. The standard InChI is InChI=1S/C15H34N2O/c1-12(2)9-15(11-16,10-13(3)4)17-14(5)7-6-8-18/h12-14,17-18H,6-11,16H2,1-5H3. The molecule has 0 spiro atoms. The summed E-state index contributed by atoms with van der Waals surface area (Å²) in [6, 6.07) is 0.415. The third-order valence-electron chi connectivity index (χ3n) is 3.34. The van der Waals surface area contributed by atoms with Crippen molar-refractivity contribution in [2.45, 2.75) is 71.9 Å². The Morgan fingerprint density at radius 2 is 1.56 bits per heavy atom. The average molecular weight is 258 g/mol. The molecule has 3 nitrogen and oxygen atoms in total. The van der Waals surface area contributed by atoms with E-state index in [9.17, 15) is 0 Å². The molecule has 0 aliphatic heterocycles. The topological polar surface area (TPSA) is 58.3 Å². The van der Waals surface area contributed by atoms with Gasteiger partial charge in [-0.05, 0) is 44.4 Å². The number of nitrogens with one attached hydrogen (secondary N) is 1. The minimum Gasteiger partial charge on any atom is -0.396 e. The van der Waals surface area contributed by atoms with Crippen LogP contribution in [0, 0.1) is 11.8 Å². The molecule has 4 N–H and O–H groups in total. The van der Waals surface area contributed by atoms with Crippen LogP contribution in [0.25, 0.3) is 0 Å². The molecule has 0 radical (unpaired) electrons. The van der Waals surface area contributed by atoms with Gasteiger partial charge in [-0.15, -0.1) is 0 Å². The number of aliphatic hydroxyl groups is 1. The van der Waals surface area contributed by atoms with Crippen LogP contribution in [0.1, 0.15) is 60.3 Å². The summed E-state index contributed by atoms with van der Waals surface area (Å²) < 4.78 is 0. The smallest absolute Gasteiger partial charge is 0.0431 e. The second-order valence-electron chi connectivity index (χ2n) is 6.59. The van der Waals surface area contributed by atoms with Crippen molar-refractivity contribution in [3.8, 4) is 0 Å². The summed E-state index contributed by atoms with van der Waals surface area (Å²) in [4.78, 5) is 0. The van der Waals surface area contributed by atoms with Gasteiger partial charge in [-0.25, -0.2) is 0 Å². The fourth-order valence-corrected chi connectivity index (χ4v) is 2.98. The maximum Gasteiger partial charge on any atom is 0.0431 e. The lowest BCUT2D eigenvalue weighted by Gasteiger charge is -2.39. The molecule has 0 aromatic carbocycles. The molecule has 0 fully saturated rings.